The molecule has 1 aromatic carbocycles. The van der Waals surface area contributed by atoms with Gasteiger partial charge in [-0.15, -0.1) is 0 Å². The fourth-order valence-corrected chi connectivity index (χ4v) is 1.90. The second kappa shape index (κ2) is 5.07. The van der Waals surface area contributed by atoms with Gasteiger partial charge in [0.15, 0.2) is 6.29 Å². The van der Waals surface area contributed by atoms with Gasteiger partial charge in [-0.25, -0.2) is 4.39 Å². The zero-order chi connectivity index (χ0) is 12.4. The topological polar surface area (TPSA) is 61.6 Å². The maximum Gasteiger partial charge on any atom is 0.279 e. The largest absolute Gasteiger partial charge is 0.348 e. The molecule has 1 aliphatic rings. The molecule has 0 bridgehead atoms. The van der Waals surface area contributed by atoms with Crippen LogP contribution in [0.25, 0.3) is 0 Å². The van der Waals surface area contributed by atoms with E-state index in [2.05, 4.69) is 15.9 Å². The zero-order valence-electron chi connectivity index (χ0n) is 8.69. The number of rotatable bonds is 2. The number of nitrogens with zero attached hydrogens (tertiary/aromatic N) is 1. The first-order valence-corrected chi connectivity index (χ1v) is 5.75. The quantitative estimate of drug-likeness (QED) is 0.622. The van der Waals surface area contributed by atoms with Gasteiger partial charge in [0.25, 0.3) is 5.69 Å². The van der Waals surface area contributed by atoms with Crippen molar-refractivity contribution in [2.75, 3.05) is 13.2 Å². The Hall–Kier alpha value is -1.05. The Morgan fingerprint density at radius 2 is 2.06 bits per heavy atom. The minimum atomic E-state index is -0.869. The highest BCUT2D eigenvalue weighted by molar-refractivity contribution is 9.10. The van der Waals surface area contributed by atoms with E-state index in [0.29, 0.717) is 13.2 Å². The molecule has 7 heteroatoms. The van der Waals surface area contributed by atoms with Crippen LogP contribution in [0.4, 0.5) is 10.1 Å². The molecule has 1 aromatic rings. The van der Waals surface area contributed by atoms with Gasteiger partial charge < -0.3 is 9.47 Å². The summed E-state index contributed by atoms with van der Waals surface area (Å²) in [6.45, 7) is 0.888. The van der Waals surface area contributed by atoms with Crippen LogP contribution in [0, 0.1) is 15.9 Å². The van der Waals surface area contributed by atoms with Crippen molar-refractivity contribution < 1.29 is 18.8 Å². The van der Waals surface area contributed by atoms with Crippen LogP contribution in [0.2, 0.25) is 0 Å². The van der Waals surface area contributed by atoms with E-state index in [4.69, 9.17) is 9.47 Å². The van der Waals surface area contributed by atoms with Crippen molar-refractivity contribution in [2.45, 2.75) is 12.7 Å². The second-order valence-corrected chi connectivity index (χ2v) is 4.36. The fraction of sp³-hybridized carbons (Fsp3) is 0.400. The summed E-state index contributed by atoms with van der Waals surface area (Å²) in [5, 5.41) is 10.9. The van der Waals surface area contributed by atoms with Crippen molar-refractivity contribution in [2.24, 2.45) is 0 Å². The van der Waals surface area contributed by atoms with Gasteiger partial charge in [-0.3, -0.25) is 10.1 Å². The molecule has 1 fully saturated rings. The van der Waals surface area contributed by atoms with E-state index >= 15 is 0 Å². The SMILES string of the molecule is O=[N+]([O-])c1cc(Br)c(F)cc1C1OCCCO1. The highest BCUT2D eigenvalue weighted by Gasteiger charge is 2.27. The lowest BCUT2D eigenvalue weighted by Gasteiger charge is -2.23. The molecule has 0 radical (unpaired) electrons. The van der Waals surface area contributed by atoms with Crippen molar-refractivity contribution in [3.8, 4) is 0 Å². The van der Waals surface area contributed by atoms with Crippen molar-refractivity contribution in [1.82, 2.24) is 0 Å². The van der Waals surface area contributed by atoms with Crippen molar-refractivity contribution in [3.05, 3.63) is 38.1 Å². The number of hydrogen-bond donors (Lipinski definition) is 0. The van der Waals surface area contributed by atoms with Gasteiger partial charge in [-0.05, 0) is 28.4 Å². The summed E-state index contributed by atoms with van der Waals surface area (Å²) in [6, 6.07) is 2.18. The number of nitro groups is 1. The van der Waals surface area contributed by atoms with Crippen LogP contribution >= 0.6 is 15.9 Å². The monoisotopic (exact) mass is 305 g/mol. The smallest absolute Gasteiger partial charge is 0.279 e. The molecule has 5 nitrogen and oxygen atoms in total. The van der Waals surface area contributed by atoms with E-state index in [1.54, 1.807) is 0 Å². The molecule has 0 aliphatic carbocycles. The van der Waals surface area contributed by atoms with Gasteiger partial charge in [0.2, 0.25) is 0 Å². The van der Waals surface area contributed by atoms with Crippen molar-refractivity contribution in [3.63, 3.8) is 0 Å². The summed E-state index contributed by atoms with van der Waals surface area (Å²) in [5.41, 5.74) is -0.111. The second-order valence-electron chi connectivity index (χ2n) is 3.51. The van der Waals surface area contributed by atoms with Gasteiger partial charge in [0.05, 0.1) is 28.2 Å². The molecule has 0 unspecified atom stereocenters. The molecule has 0 atom stereocenters. The molecule has 0 N–H and O–H groups in total. The minimum absolute atomic E-state index is 0.0451. The summed E-state index contributed by atoms with van der Waals surface area (Å²) >= 11 is 2.91. The Labute approximate surface area is 105 Å². The van der Waals surface area contributed by atoms with E-state index in [-0.39, 0.29) is 15.7 Å². The summed E-state index contributed by atoms with van der Waals surface area (Å²) in [4.78, 5) is 10.3. The van der Waals surface area contributed by atoms with Gasteiger partial charge in [0.1, 0.15) is 5.82 Å². The van der Waals surface area contributed by atoms with E-state index in [1.807, 2.05) is 0 Å². The predicted octanol–water partition coefficient (Wildman–Crippen LogP) is 2.93. The molecule has 0 aromatic heterocycles. The summed E-state index contributed by atoms with van der Waals surface area (Å²) in [6.07, 6.45) is -0.143. The van der Waals surface area contributed by atoms with Crippen LogP contribution in [-0.4, -0.2) is 18.1 Å². The van der Waals surface area contributed by atoms with E-state index < -0.39 is 17.0 Å². The summed E-state index contributed by atoms with van der Waals surface area (Å²) in [7, 11) is 0. The number of benzene rings is 1. The standard InChI is InChI=1S/C10H9BrFNO4/c11-7-5-9(13(14)15)6(4-8(7)12)10-16-2-1-3-17-10/h4-5,10H,1-3H2. The van der Waals surface area contributed by atoms with E-state index in [1.165, 1.54) is 0 Å². The van der Waals surface area contributed by atoms with E-state index in [9.17, 15) is 14.5 Å². The molecule has 92 valence electrons. The molecule has 1 aliphatic heterocycles. The molecule has 0 saturated carbocycles. The predicted molar refractivity (Wildman–Crippen MR) is 60.0 cm³/mol. The summed E-state index contributed by atoms with van der Waals surface area (Å²) < 4.78 is 23.9. The summed E-state index contributed by atoms with van der Waals surface area (Å²) in [5.74, 6) is -0.580. The normalized spacial score (nSPS) is 17.1. The van der Waals surface area contributed by atoms with Crippen molar-refractivity contribution >= 4 is 21.6 Å². The van der Waals surface area contributed by atoms with Crippen LogP contribution < -0.4 is 0 Å². The molecule has 1 saturated heterocycles. The molecular weight excluding hydrogens is 297 g/mol. The Bertz CT molecular complexity index is 448. The third-order valence-electron chi connectivity index (χ3n) is 2.35. The third kappa shape index (κ3) is 2.62. The van der Waals surface area contributed by atoms with Crippen LogP contribution in [0.3, 0.4) is 0 Å². The van der Waals surface area contributed by atoms with Gasteiger partial charge in [-0.2, -0.15) is 0 Å². The van der Waals surface area contributed by atoms with Gasteiger partial charge in [0, 0.05) is 6.07 Å². The first kappa shape index (κ1) is 12.4. The maximum atomic E-state index is 13.4. The minimum Gasteiger partial charge on any atom is -0.348 e. The Balaban J connectivity index is 2.42. The number of nitro benzene ring substituents is 1. The van der Waals surface area contributed by atoms with Crippen molar-refractivity contribution in [1.29, 1.82) is 0 Å². The number of hydrogen-bond acceptors (Lipinski definition) is 4. The van der Waals surface area contributed by atoms with Gasteiger partial charge in [-0.1, -0.05) is 0 Å². The molecular formula is C10H9BrFNO4. The zero-order valence-corrected chi connectivity index (χ0v) is 10.3. The Kier molecular flexibility index (Phi) is 3.70. The third-order valence-corrected chi connectivity index (χ3v) is 2.96. The number of ether oxygens (including phenoxy) is 2. The molecule has 0 spiro atoms. The number of halogens is 2. The van der Waals surface area contributed by atoms with E-state index in [0.717, 1.165) is 18.6 Å². The first-order valence-electron chi connectivity index (χ1n) is 4.96. The Morgan fingerprint density at radius 1 is 1.41 bits per heavy atom. The first-order chi connectivity index (χ1) is 8.09. The van der Waals surface area contributed by atoms with Crippen LogP contribution in [-0.2, 0) is 9.47 Å². The molecule has 0 amide bonds. The lowest BCUT2D eigenvalue weighted by atomic mass is 10.1. The molecule has 1 heterocycles. The average molecular weight is 306 g/mol. The van der Waals surface area contributed by atoms with Gasteiger partial charge >= 0.3 is 0 Å². The highest BCUT2D eigenvalue weighted by Crippen LogP contribution is 2.34. The average Bonchev–Trinajstić information content (AvgIpc) is 2.33. The molecule has 2 rings (SSSR count). The van der Waals surface area contributed by atoms with Crippen LogP contribution in [0.1, 0.15) is 18.3 Å². The van der Waals surface area contributed by atoms with Crippen LogP contribution in [0.5, 0.6) is 0 Å². The van der Waals surface area contributed by atoms with Crippen LogP contribution in [0.15, 0.2) is 16.6 Å². The maximum absolute atomic E-state index is 13.4. The highest BCUT2D eigenvalue weighted by atomic mass is 79.9. The fourth-order valence-electron chi connectivity index (χ4n) is 1.57. The molecule has 17 heavy (non-hydrogen) atoms. The lowest BCUT2D eigenvalue weighted by Crippen LogP contribution is -2.19. The Morgan fingerprint density at radius 3 is 2.65 bits per heavy atom. The lowest BCUT2D eigenvalue weighted by molar-refractivity contribution is -0.387.